The predicted octanol–water partition coefficient (Wildman–Crippen LogP) is 7.68. The summed E-state index contributed by atoms with van der Waals surface area (Å²) in [5.41, 5.74) is 3.02. The lowest BCUT2D eigenvalue weighted by Crippen LogP contribution is -2.46. The van der Waals surface area contributed by atoms with Gasteiger partial charge >= 0.3 is 8.80 Å². The molecule has 0 bridgehead atoms. The number of ether oxygens (including phenoxy) is 1. The molecule has 0 amide bonds. The summed E-state index contributed by atoms with van der Waals surface area (Å²) < 4.78 is 24.1. The van der Waals surface area contributed by atoms with Crippen LogP contribution in [0.2, 0.25) is 6.04 Å². The molecule has 4 nitrogen and oxygen atoms in total. The first-order valence-electron chi connectivity index (χ1n) is 13.8. The quantitative estimate of drug-likeness (QED) is 0.160. The van der Waals surface area contributed by atoms with Gasteiger partial charge in [-0.2, -0.15) is 0 Å². The number of unbranched alkanes of at least 4 members (excludes halogenated alkanes) is 4. The molecule has 5 heteroatoms. The van der Waals surface area contributed by atoms with Crippen molar-refractivity contribution in [3.05, 3.63) is 35.4 Å². The number of benzene rings is 1. The molecule has 190 valence electrons. The van der Waals surface area contributed by atoms with E-state index in [4.69, 9.17) is 18.0 Å². The molecule has 0 spiro atoms. The summed E-state index contributed by atoms with van der Waals surface area (Å²) in [6, 6.07) is 10.3. The van der Waals surface area contributed by atoms with Gasteiger partial charge in [0.25, 0.3) is 0 Å². The van der Waals surface area contributed by atoms with Crippen LogP contribution in [0.1, 0.15) is 109 Å². The molecule has 1 aromatic rings. The van der Waals surface area contributed by atoms with E-state index in [-0.39, 0.29) is 0 Å². The molecule has 0 unspecified atom stereocenters. The predicted molar refractivity (Wildman–Crippen MR) is 140 cm³/mol. The number of aryl methyl sites for hydroxylation is 1. The molecule has 1 fully saturated rings. The first-order valence-corrected chi connectivity index (χ1v) is 15.7. The van der Waals surface area contributed by atoms with Crippen LogP contribution in [0.3, 0.4) is 0 Å². The van der Waals surface area contributed by atoms with Crippen molar-refractivity contribution in [2.45, 2.75) is 116 Å². The summed E-state index contributed by atoms with van der Waals surface area (Å²) in [6.07, 6.45) is 14.1. The van der Waals surface area contributed by atoms with Crippen molar-refractivity contribution in [1.82, 2.24) is 0 Å². The van der Waals surface area contributed by atoms with Gasteiger partial charge < -0.3 is 18.0 Å². The van der Waals surface area contributed by atoms with Crippen LogP contribution in [0.15, 0.2) is 24.3 Å². The molecule has 0 aromatic heterocycles. The minimum atomic E-state index is -2.54. The highest BCUT2D eigenvalue weighted by atomic mass is 28.4. The van der Waals surface area contributed by atoms with Crippen molar-refractivity contribution in [1.29, 1.82) is 0 Å². The average molecular weight is 479 g/mol. The first-order chi connectivity index (χ1) is 16.2. The number of hydrogen-bond donors (Lipinski definition) is 0. The SMILES string of the molecule is CCCCCCCc1ccc([C@H]2CC[C@H](OCCC[Si](OCC)(OCC)OCC)CC2)cc1. The van der Waals surface area contributed by atoms with Crippen molar-refractivity contribution in [3.63, 3.8) is 0 Å². The van der Waals surface area contributed by atoms with Crippen LogP contribution in [0.4, 0.5) is 0 Å². The van der Waals surface area contributed by atoms with Crippen LogP contribution < -0.4 is 0 Å². The van der Waals surface area contributed by atoms with Gasteiger partial charge in [-0.05, 0) is 82.8 Å². The second-order valence-corrected chi connectivity index (χ2v) is 12.1. The van der Waals surface area contributed by atoms with E-state index in [1.54, 1.807) is 0 Å². The zero-order valence-corrected chi connectivity index (χ0v) is 22.9. The fourth-order valence-electron chi connectivity index (χ4n) is 4.99. The molecule has 33 heavy (non-hydrogen) atoms. The van der Waals surface area contributed by atoms with Crippen LogP contribution >= 0.6 is 0 Å². The summed E-state index contributed by atoms with van der Waals surface area (Å²) in [6.45, 7) is 11.0. The highest BCUT2D eigenvalue weighted by molar-refractivity contribution is 6.60. The maximum Gasteiger partial charge on any atom is 0.501 e. The second kappa shape index (κ2) is 16.8. The third-order valence-electron chi connectivity index (χ3n) is 6.77. The Labute approximate surface area is 205 Å². The van der Waals surface area contributed by atoms with Gasteiger partial charge in [-0.3, -0.25) is 0 Å². The van der Waals surface area contributed by atoms with Crippen molar-refractivity contribution < 1.29 is 18.0 Å². The van der Waals surface area contributed by atoms with Crippen molar-refractivity contribution in [2.75, 3.05) is 26.4 Å². The third-order valence-corrected chi connectivity index (χ3v) is 9.92. The van der Waals surface area contributed by atoms with Gasteiger partial charge in [0, 0.05) is 32.5 Å². The van der Waals surface area contributed by atoms with Gasteiger partial charge in [0.2, 0.25) is 0 Å². The van der Waals surface area contributed by atoms with Crippen molar-refractivity contribution in [3.8, 4) is 0 Å². The summed E-state index contributed by atoms with van der Waals surface area (Å²) in [7, 11) is -2.54. The summed E-state index contributed by atoms with van der Waals surface area (Å²) in [5.74, 6) is 0.692. The zero-order valence-electron chi connectivity index (χ0n) is 21.9. The standard InChI is InChI=1S/C28H50O4Si/c1-5-9-10-11-12-14-25-15-17-26(18-16-25)27-19-21-28(22-20-27)29-23-13-24-33(30-6-2,31-7-3)32-8-4/h15-18,27-28H,5-14,19-24H2,1-4H3/t27-,28-. The molecular formula is C28H50O4Si. The van der Waals surface area contributed by atoms with E-state index in [1.807, 2.05) is 20.8 Å². The highest BCUT2D eigenvalue weighted by Crippen LogP contribution is 2.34. The van der Waals surface area contributed by atoms with Crippen molar-refractivity contribution in [2.24, 2.45) is 0 Å². The van der Waals surface area contributed by atoms with Gasteiger partial charge in [0.1, 0.15) is 0 Å². The lowest BCUT2D eigenvalue weighted by atomic mass is 9.82. The molecule has 0 saturated heterocycles. The van der Waals surface area contributed by atoms with Crippen LogP contribution in [0.5, 0.6) is 0 Å². The molecular weight excluding hydrogens is 428 g/mol. The van der Waals surface area contributed by atoms with E-state index in [0.717, 1.165) is 31.9 Å². The maximum absolute atomic E-state index is 6.24. The molecule has 0 atom stereocenters. The largest absolute Gasteiger partial charge is 0.501 e. The summed E-state index contributed by atoms with van der Waals surface area (Å²) in [5, 5.41) is 0. The number of hydrogen-bond acceptors (Lipinski definition) is 4. The molecule has 1 aliphatic carbocycles. The smallest absolute Gasteiger partial charge is 0.378 e. The third kappa shape index (κ3) is 10.6. The maximum atomic E-state index is 6.24. The van der Waals surface area contributed by atoms with Gasteiger partial charge in [0.15, 0.2) is 0 Å². The van der Waals surface area contributed by atoms with Gasteiger partial charge in [-0.1, -0.05) is 56.9 Å². The van der Waals surface area contributed by atoms with E-state index < -0.39 is 8.80 Å². The Bertz CT molecular complexity index is 581. The lowest BCUT2D eigenvalue weighted by molar-refractivity contribution is 0.0202. The van der Waals surface area contributed by atoms with Crippen LogP contribution in [-0.2, 0) is 24.4 Å². The molecule has 2 rings (SSSR count). The molecule has 0 heterocycles. The van der Waals surface area contributed by atoms with E-state index in [1.165, 1.54) is 62.5 Å². The van der Waals surface area contributed by atoms with Gasteiger partial charge in [-0.25, -0.2) is 0 Å². The lowest BCUT2D eigenvalue weighted by Gasteiger charge is -2.30. The van der Waals surface area contributed by atoms with E-state index in [9.17, 15) is 0 Å². The monoisotopic (exact) mass is 478 g/mol. The van der Waals surface area contributed by atoms with Crippen LogP contribution in [0.25, 0.3) is 0 Å². The minimum Gasteiger partial charge on any atom is -0.378 e. The zero-order chi connectivity index (χ0) is 23.8. The Balaban J connectivity index is 1.67. The van der Waals surface area contributed by atoms with Crippen LogP contribution in [-0.4, -0.2) is 41.3 Å². The fourth-order valence-corrected chi connectivity index (χ4v) is 7.57. The molecule has 1 aromatic carbocycles. The molecule has 0 N–H and O–H groups in total. The number of rotatable bonds is 18. The van der Waals surface area contributed by atoms with Gasteiger partial charge in [0.05, 0.1) is 6.10 Å². The molecule has 0 aliphatic heterocycles. The highest BCUT2D eigenvalue weighted by Gasteiger charge is 2.39. The topological polar surface area (TPSA) is 36.9 Å². The second-order valence-electron chi connectivity index (χ2n) is 9.34. The first kappa shape index (κ1) is 28.5. The van der Waals surface area contributed by atoms with E-state index in [0.29, 0.717) is 31.8 Å². The minimum absolute atomic E-state index is 0.394. The summed E-state index contributed by atoms with van der Waals surface area (Å²) in [4.78, 5) is 0. The Kier molecular flexibility index (Phi) is 14.5. The van der Waals surface area contributed by atoms with E-state index >= 15 is 0 Å². The molecule has 1 aliphatic rings. The van der Waals surface area contributed by atoms with Crippen molar-refractivity contribution >= 4 is 8.80 Å². The molecule has 0 radical (unpaired) electrons. The normalized spacial score (nSPS) is 19.2. The Morgan fingerprint density at radius 2 is 1.33 bits per heavy atom. The average Bonchev–Trinajstić information content (AvgIpc) is 2.83. The molecule has 1 saturated carbocycles. The van der Waals surface area contributed by atoms with E-state index in [2.05, 4.69) is 31.2 Å². The Morgan fingerprint density at radius 1 is 0.727 bits per heavy atom. The Morgan fingerprint density at radius 3 is 1.91 bits per heavy atom. The fraction of sp³-hybridized carbons (Fsp3) is 0.786. The summed E-state index contributed by atoms with van der Waals surface area (Å²) >= 11 is 0. The van der Waals surface area contributed by atoms with Crippen LogP contribution in [0, 0.1) is 0 Å². The van der Waals surface area contributed by atoms with Gasteiger partial charge in [-0.15, -0.1) is 0 Å². The Hall–Kier alpha value is -0.723.